The molecule has 0 atom stereocenters. The summed E-state index contributed by atoms with van der Waals surface area (Å²) in [7, 11) is 0. The fourth-order valence-electron chi connectivity index (χ4n) is 4.41. The van der Waals surface area contributed by atoms with E-state index in [1.165, 1.54) is 36.4 Å². The van der Waals surface area contributed by atoms with Crippen molar-refractivity contribution in [1.82, 2.24) is 0 Å². The van der Waals surface area contributed by atoms with Crippen LogP contribution in [-0.2, 0) is 12.8 Å². The second-order valence-electron chi connectivity index (χ2n) is 11.6. The van der Waals surface area contributed by atoms with Gasteiger partial charge in [-0.25, -0.2) is 4.79 Å². The normalized spacial score (nSPS) is 10.9. The Hall–Kier alpha value is -5.45. The van der Waals surface area contributed by atoms with Gasteiger partial charge in [-0.3, -0.25) is 20.2 Å². The lowest BCUT2D eigenvalue weighted by molar-refractivity contribution is -0.385. The van der Waals surface area contributed by atoms with Gasteiger partial charge in [-0.2, -0.15) is 0 Å². The van der Waals surface area contributed by atoms with Crippen molar-refractivity contribution in [2.75, 3.05) is 13.2 Å². The van der Waals surface area contributed by atoms with E-state index < -0.39 is 16.0 Å². The molecule has 0 aromatic heterocycles. The number of carbonyl (C=O) groups is 1. The summed E-state index contributed by atoms with van der Waals surface area (Å²) in [5, 5.41) is 23.0. The predicted octanol–water partition coefficient (Wildman–Crippen LogP) is 8.33. The molecule has 4 aromatic rings. The molecule has 0 N–H and O–H groups in total. The molecule has 0 saturated heterocycles. The lowest BCUT2D eigenvalue weighted by Gasteiger charge is -2.13. The van der Waals surface area contributed by atoms with Crippen LogP contribution in [0.3, 0.4) is 0 Å². The van der Waals surface area contributed by atoms with E-state index >= 15 is 0 Å². The molecule has 0 aliphatic carbocycles. The van der Waals surface area contributed by atoms with Crippen LogP contribution in [0.5, 0.6) is 23.0 Å². The lowest BCUT2D eigenvalue weighted by atomic mass is 10.0. The maximum Gasteiger partial charge on any atom is 0.519 e. The van der Waals surface area contributed by atoms with E-state index in [0.29, 0.717) is 47.7 Å². The molecule has 46 heavy (non-hydrogen) atoms. The van der Waals surface area contributed by atoms with Crippen molar-refractivity contribution in [3.05, 3.63) is 127 Å². The Morgan fingerprint density at radius 1 is 0.609 bits per heavy atom. The van der Waals surface area contributed by atoms with Gasteiger partial charge in [0.25, 0.3) is 11.4 Å². The third-order valence-electron chi connectivity index (χ3n) is 6.70. The number of ether oxygens (including phenoxy) is 4. The summed E-state index contributed by atoms with van der Waals surface area (Å²) < 4.78 is 22.5. The Morgan fingerprint density at radius 2 is 0.978 bits per heavy atom. The Balaban J connectivity index is 1.52. The van der Waals surface area contributed by atoms with Gasteiger partial charge in [0.15, 0.2) is 0 Å². The van der Waals surface area contributed by atoms with Crippen LogP contribution < -0.4 is 18.9 Å². The first-order valence-corrected chi connectivity index (χ1v) is 14.8. The van der Waals surface area contributed by atoms with E-state index in [1.54, 1.807) is 0 Å². The summed E-state index contributed by atoms with van der Waals surface area (Å²) in [4.78, 5) is 35.0. The van der Waals surface area contributed by atoms with E-state index in [0.717, 1.165) is 11.1 Å². The molecule has 4 aromatic carbocycles. The molecule has 0 saturated carbocycles. The molecule has 0 aliphatic heterocycles. The van der Waals surface area contributed by atoms with Crippen molar-refractivity contribution in [3.63, 3.8) is 0 Å². The van der Waals surface area contributed by atoms with Crippen molar-refractivity contribution in [3.8, 4) is 23.0 Å². The Labute approximate surface area is 267 Å². The van der Waals surface area contributed by atoms with Gasteiger partial charge in [-0.05, 0) is 59.4 Å². The number of hydrogen-bond donors (Lipinski definition) is 0. The van der Waals surface area contributed by atoms with Crippen LogP contribution in [0.25, 0.3) is 0 Å². The molecular weight excluding hydrogens is 592 g/mol. The van der Waals surface area contributed by atoms with Gasteiger partial charge in [-0.15, -0.1) is 0 Å². The molecule has 11 heteroatoms. The second kappa shape index (κ2) is 15.5. The smallest absolute Gasteiger partial charge is 0.493 e. The number of carbonyl (C=O) groups excluding carboxylic acids is 1. The molecule has 0 unspecified atom stereocenters. The van der Waals surface area contributed by atoms with Gasteiger partial charge in [0.2, 0.25) is 0 Å². The third kappa shape index (κ3) is 9.78. The van der Waals surface area contributed by atoms with E-state index in [1.807, 2.05) is 48.5 Å². The molecule has 0 aliphatic rings. The number of non-ortho nitro benzene ring substituents is 2. The number of nitrogens with zero attached hydrogens (tertiary/aromatic N) is 2. The number of rotatable bonds is 14. The van der Waals surface area contributed by atoms with Crippen molar-refractivity contribution >= 4 is 17.5 Å². The monoisotopic (exact) mass is 628 g/mol. The highest BCUT2D eigenvalue weighted by atomic mass is 16.7. The van der Waals surface area contributed by atoms with Crippen molar-refractivity contribution in [2.45, 2.75) is 40.5 Å². The summed E-state index contributed by atoms with van der Waals surface area (Å²) >= 11 is 0. The minimum Gasteiger partial charge on any atom is -0.493 e. The summed E-state index contributed by atoms with van der Waals surface area (Å²) in [6.45, 7) is 9.34. The summed E-state index contributed by atoms with van der Waals surface area (Å²) in [5.74, 6) is 2.29. The van der Waals surface area contributed by atoms with Gasteiger partial charge < -0.3 is 18.9 Å². The van der Waals surface area contributed by atoms with Crippen molar-refractivity contribution in [1.29, 1.82) is 0 Å². The van der Waals surface area contributed by atoms with Crippen LogP contribution in [0.4, 0.5) is 16.2 Å². The first-order chi connectivity index (χ1) is 22.0. The van der Waals surface area contributed by atoms with E-state index in [-0.39, 0.29) is 35.7 Å². The molecule has 0 bridgehead atoms. The molecule has 0 amide bonds. The van der Waals surface area contributed by atoms with Crippen LogP contribution in [0, 0.1) is 32.1 Å². The fraction of sp³-hybridized carbons (Fsp3) is 0.286. The van der Waals surface area contributed by atoms with E-state index in [4.69, 9.17) is 18.9 Å². The Kier molecular flexibility index (Phi) is 11.3. The highest BCUT2D eigenvalue weighted by molar-refractivity contribution is 5.69. The number of nitro benzene ring substituents is 2. The van der Waals surface area contributed by atoms with E-state index in [9.17, 15) is 25.0 Å². The van der Waals surface area contributed by atoms with Crippen LogP contribution in [0.15, 0.2) is 84.9 Å². The van der Waals surface area contributed by atoms with E-state index in [2.05, 4.69) is 27.7 Å². The highest BCUT2D eigenvalue weighted by Gasteiger charge is 2.20. The average molecular weight is 629 g/mol. The zero-order valence-electron chi connectivity index (χ0n) is 26.1. The summed E-state index contributed by atoms with van der Waals surface area (Å²) in [6.07, 6.45) is -0.636. The van der Waals surface area contributed by atoms with Crippen LogP contribution >= 0.6 is 0 Å². The second-order valence-corrected chi connectivity index (χ2v) is 11.6. The minimum absolute atomic E-state index is 0.0798. The SMILES string of the molecule is CC(C)COc1ccc(Cc2cc([N+](=O)[O-])ccc2OC(=O)Oc2ccc([N+](=O)[O-])cc2Cc2ccc(OCC(C)C)cc2)cc1. The zero-order valence-corrected chi connectivity index (χ0v) is 26.1. The van der Waals surface area contributed by atoms with Crippen molar-refractivity contribution in [2.24, 2.45) is 11.8 Å². The first-order valence-electron chi connectivity index (χ1n) is 14.8. The number of hydrogen-bond acceptors (Lipinski definition) is 9. The highest BCUT2D eigenvalue weighted by Crippen LogP contribution is 2.30. The topological polar surface area (TPSA) is 140 Å². The predicted molar refractivity (Wildman–Crippen MR) is 172 cm³/mol. The molecule has 0 spiro atoms. The quantitative estimate of drug-likeness (QED) is 0.0583. The minimum atomic E-state index is -1.10. The number of nitro groups is 2. The average Bonchev–Trinajstić information content (AvgIpc) is 3.01. The van der Waals surface area contributed by atoms with Gasteiger partial charge in [0, 0.05) is 48.2 Å². The fourth-order valence-corrected chi connectivity index (χ4v) is 4.41. The standard InChI is InChI=1S/C35H36N2O9/c1-23(2)21-43-31-11-5-25(6-12-31)17-27-19-29(36(39)40)9-15-33(27)45-35(38)46-34-16-10-30(37(41)42)20-28(34)18-26-7-13-32(14-8-26)44-22-24(3)4/h5-16,19-20,23-24H,17-18,21-22H2,1-4H3. The van der Waals surface area contributed by atoms with Gasteiger partial charge >= 0.3 is 6.16 Å². The maximum absolute atomic E-state index is 13.0. The van der Waals surface area contributed by atoms with Crippen molar-refractivity contribution < 1.29 is 33.6 Å². The molecule has 11 nitrogen and oxygen atoms in total. The summed E-state index contributed by atoms with van der Waals surface area (Å²) in [5.41, 5.74) is 2.09. The largest absolute Gasteiger partial charge is 0.519 e. The molecule has 0 radical (unpaired) electrons. The molecular formula is C35H36N2O9. The van der Waals surface area contributed by atoms with Gasteiger partial charge in [-0.1, -0.05) is 52.0 Å². The van der Waals surface area contributed by atoms with Crippen LogP contribution in [-0.4, -0.2) is 29.2 Å². The molecule has 0 fully saturated rings. The Bertz CT molecular complexity index is 1540. The molecule has 240 valence electrons. The zero-order chi connectivity index (χ0) is 33.2. The maximum atomic E-state index is 13.0. The Morgan fingerprint density at radius 3 is 1.30 bits per heavy atom. The van der Waals surface area contributed by atoms with Crippen LogP contribution in [0.1, 0.15) is 49.9 Å². The van der Waals surface area contributed by atoms with Crippen LogP contribution in [0.2, 0.25) is 0 Å². The summed E-state index contributed by atoms with van der Waals surface area (Å²) in [6, 6.07) is 22.4. The third-order valence-corrected chi connectivity index (χ3v) is 6.70. The first kappa shape index (κ1) is 33.4. The van der Waals surface area contributed by atoms with Gasteiger partial charge in [0.1, 0.15) is 23.0 Å². The lowest BCUT2D eigenvalue weighted by Crippen LogP contribution is -2.16. The molecule has 4 rings (SSSR count). The number of benzene rings is 4. The molecule has 0 heterocycles. The van der Waals surface area contributed by atoms with Gasteiger partial charge in [0.05, 0.1) is 23.1 Å².